The topological polar surface area (TPSA) is 220 Å². The Morgan fingerprint density at radius 2 is 1.22 bits per heavy atom. The third-order valence-corrected chi connectivity index (χ3v) is 13.2. The van der Waals surface area contributed by atoms with Gasteiger partial charge in [0.1, 0.15) is 40.3 Å². The minimum Gasteiger partial charge on any atom is -0.493 e. The Morgan fingerprint density at radius 3 is 1.80 bits per heavy atom. The first-order valence-electron chi connectivity index (χ1n) is 23.4. The zero-order chi connectivity index (χ0) is 53.6. The number of rotatable bonds is 21. The quantitative estimate of drug-likeness (QED) is 0.0389. The highest BCUT2D eigenvalue weighted by molar-refractivity contribution is 7.92. The number of anilines is 1. The lowest BCUT2D eigenvalue weighted by molar-refractivity contribution is 0.0974. The monoisotopic (exact) mass is 1060 g/mol. The first kappa shape index (κ1) is 55.6. The summed E-state index contributed by atoms with van der Waals surface area (Å²) in [5.41, 5.74) is 7.66. The lowest BCUT2D eigenvalue weighted by atomic mass is 10.1. The molecule has 15 nitrogen and oxygen atoms in total. The van der Waals surface area contributed by atoms with Crippen LogP contribution in [0.15, 0.2) is 137 Å². The Bertz CT molecular complexity index is 3350. The van der Waals surface area contributed by atoms with E-state index in [1.165, 1.54) is 72.3 Å². The normalized spacial score (nSPS) is 11.4. The molecule has 0 unspecified atom stereocenters. The molecule has 7 rings (SSSR count). The highest BCUT2D eigenvalue weighted by Crippen LogP contribution is 2.30. The Hall–Kier alpha value is -7.71. The highest BCUT2D eigenvalue weighted by Gasteiger charge is 2.26. The predicted octanol–water partition coefficient (Wildman–Crippen LogP) is 10.6. The smallest absolute Gasteiger partial charge is 0.281 e. The number of ketones is 1. The van der Waals surface area contributed by atoms with Crippen molar-refractivity contribution in [3.63, 3.8) is 0 Å². The summed E-state index contributed by atoms with van der Waals surface area (Å²) < 4.78 is 113. The molecule has 0 aliphatic carbocycles. The fraction of sp³-hybridized carbons (Fsp3) is 0.259. The number of aromatic nitrogens is 4. The third-order valence-electron chi connectivity index (χ3n) is 10.4. The molecule has 20 heteroatoms. The summed E-state index contributed by atoms with van der Waals surface area (Å²) in [6.07, 6.45) is 2.36. The largest absolute Gasteiger partial charge is 0.493 e. The number of amides is 1. The number of benzene rings is 3. The number of pyridine rings is 4. The van der Waals surface area contributed by atoms with Crippen LogP contribution >= 0.6 is 0 Å². The van der Waals surface area contributed by atoms with Gasteiger partial charge in [-0.15, -0.1) is 0 Å². The maximum Gasteiger partial charge on any atom is 0.281 e. The van der Waals surface area contributed by atoms with Gasteiger partial charge in [0.25, 0.3) is 15.9 Å². The summed E-state index contributed by atoms with van der Waals surface area (Å²) >= 11 is 0. The molecule has 394 valence electrons. The summed E-state index contributed by atoms with van der Waals surface area (Å²) in [6.45, 7) is 10.5. The summed E-state index contributed by atoms with van der Waals surface area (Å²) in [7, 11) is -8.39. The number of sulfonamides is 1. The van der Waals surface area contributed by atoms with E-state index in [9.17, 15) is 39.6 Å². The molecule has 0 atom stereocenters. The first-order valence-corrected chi connectivity index (χ1v) is 26.5. The number of nitrogens with two attached hydrogens (primary N) is 1. The molecule has 0 fully saturated rings. The average molecular weight is 1060 g/mol. The van der Waals surface area contributed by atoms with Gasteiger partial charge >= 0.3 is 0 Å². The van der Waals surface area contributed by atoms with Gasteiger partial charge in [-0.1, -0.05) is 70.2 Å². The molecule has 4 heterocycles. The van der Waals surface area contributed by atoms with Gasteiger partial charge in [0.2, 0.25) is 21.7 Å². The van der Waals surface area contributed by atoms with Crippen molar-refractivity contribution < 1.29 is 58.1 Å². The Balaban J connectivity index is 0.000000403. The number of halogens is 3. The van der Waals surface area contributed by atoms with Gasteiger partial charge in [0, 0.05) is 33.2 Å². The van der Waals surface area contributed by atoms with Gasteiger partial charge in [-0.3, -0.25) is 9.59 Å². The number of aryl methyl sites for hydroxylation is 2. The summed E-state index contributed by atoms with van der Waals surface area (Å²) in [5.74, 6) is -4.19. The molecule has 4 aromatic heterocycles. The second kappa shape index (κ2) is 25.3. The standard InChI is InChI=1S/C32H34FN3O5S.C22H21F2N3O4S.3H2/c1-22(2)21-41-27-19-25(18-26(33)20-27)29-16-15-28(31(37)36-42(38,39)30-14-9-10-23(3)34-30)32(35-29)40-17-8-7-13-24-11-5-4-6-12-24;1-13(2)11-31-16-9-14(8-15(23)10-16)18-7-6-17(22(24)26-18)19(28)12-32(29,30)21-5-3-4-20(25)27-21;;;/h4-6,9-12,14-16,18-20,22H,7-8,13,17,21H2,1-3H3,(H,36,37);3-10,13H,11-12H2,1-2H3,(H2,25,27);3*1H. The molecule has 0 radical (unpaired) electrons. The number of unbranched alkanes of at least 4 members (excludes halogenated alkanes) is 1. The van der Waals surface area contributed by atoms with Gasteiger partial charge < -0.3 is 19.9 Å². The van der Waals surface area contributed by atoms with Crippen molar-refractivity contribution >= 4 is 37.4 Å². The van der Waals surface area contributed by atoms with Crippen LogP contribution in [0.1, 0.15) is 76.8 Å². The Morgan fingerprint density at radius 1 is 0.635 bits per heavy atom. The zero-order valence-electron chi connectivity index (χ0n) is 41.2. The highest BCUT2D eigenvalue weighted by atomic mass is 32.2. The third kappa shape index (κ3) is 16.1. The van der Waals surface area contributed by atoms with Gasteiger partial charge in [-0.05, 0) is 116 Å². The molecular formula is C54H61F3N6O9S2. The van der Waals surface area contributed by atoms with E-state index in [-0.39, 0.29) is 67.0 Å². The van der Waals surface area contributed by atoms with Crippen molar-refractivity contribution in [2.75, 3.05) is 31.3 Å². The molecule has 1 amide bonds. The van der Waals surface area contributed by atoms with Crippen molar-refractivity contribution in [2.45, 2.75) is 63.9 Å². The number of carbonyl (C=O) groups excluding carboxylic acids is 2. The van der Waals surface area contributed by atoms with Crippen LogP contribution in [0.4, 0.5) is 19.0 Å². The lowest BCUT2D eigenvalue weighted by Crippen LogP contribution is -2.31. The van der Waals surface area contributed by atoms with Crippen molar-refractivity contribution in [2.24, 2.45) is 11.8 Å². The number of nitrogen functional groups attached to an aromatic ring is 1. The number of Topliss-reactive ketones (excluding diaryl/α,β-unsaturated/α-hetero) is 1. The number of nitrogens with zero attached hydrogens (tertiary/aromatic N) is 4. The number of hydrogen-bond acceptors (Lipinski definition) is 14. The number of ether oxygens (including phenoxy) is 3. The Kier molecular flexibility index (Phi) is 19.0. The van der Waals surface area contributed by atoms with Crippen LogP contribution in [0, 0.1) is 36.3 Å². The van der Waals surface area contributed by atoms with E-state index in [0.29, 0.717) is 42.3 Å². The van der Waals surface area contributed by atoms with Crippen molar-refractivity contribution in [1.29, 1.82) is 0 Å². The summed E-state index contributed by atoms with van der Waals surface area (Å²) in [6, 6.07) is 32.0. The van der Waals surface area contributed by atoms with E-state index in [0.717, 1.165) is 25.0 Å². The number of nitrogens with one attached hydrogen (secondary N) is 1. The van der Waals surface area contributed by atoms with Crippen LogP contribution in [0.3, 0.4) is 0 Å². The van der Waals surface area contributed by atoms with Crippen LogP contribution in [0.25, 0.3) is 22.5 Å². The molecule has 3 aromatic carbocycles. The summed E-state index contributed by atoms with van der Waals surface area (Å²) in [5, 5.41) is -0.665. The zero-order valence-corrected chi connectivity index (χ0v) is 42.9. The fourth-order valence-corrected chi connectivity index (χ4v) is 9.03. The van der Waals surface area contributed by atoms with Crippen LogP contribution in [-0.4, -0.2) is 74.0 Å². The predicted molar refractivity (Wildman–Crippen MR) is 280 cm³/mol. The van der Waals surface area contributed by atoms with Crippen LogP contribution in [0.5, 0.6) is 17.4 Å². The number of sulfone groups is 1. The molecule has 7 aromatic rings. The molecule has 0 aliphatic heterocycles. The molecule has 74 heavy (non-hydrogen) atoms. The van der Waals surface area contributed by atoms with E-state index >= 15 is 0 Å². The van der Waals surface area contributed by atoms with E-state index in [2.05, 4.69) is 36.8 Å². The summed E-state index contributed by atoms with van der Waals surface area (Å²) in [4.78, 5) is 41.6. The van der Waals surface area contributed by atoms with Gasteiger partial charge in [-0.2, -0.15) is 12.8 Å². The second-order valence-corrected chi connectivity index (χ2v) is 21.3. The fourth-order valence-electron chi connectivity index (χ4n) is 6.87. The molecule has 0 saturated heterocycles. The molecule has 3 N–H and O–H groups in total. The van der Waals surface area contributed by atoms with E-state index < -0.39 is 60.4 Å². The number of carbonyl (C=O) groups is 2. The van der Waals surface area contributed by atoms with Gasteiger partial charge in [0.05, 0.1) is 36.8 Å². The molecule has 0 aliphatic rings. The SMILES string of the molecule is CC(C)COc1cc(F)cc(-c2ccc(C(=O)CS(=O)(=O)c3cccc(N)n3)c(F)n2)c1.Cc1cccc(S(=O)(=O)NC(=O)c2ccc(-c3cc(F)cc(OCC(C)C)c3)nc2OCCCCc2ccccc2)n1.[HH].[HH].[HH]. The lowest BCUT2D eigenvalue weighted by Gasteiger charge is -2.14. The molecular weight excluding hydrogens is 998 g/mol. The van der Waals surface area contributed by atoms with Crippen molar-refractivity contribution in [1.82, 2.24) is 24.7 Å². The Labute approximate surface area is 432 Å². The maximum atomic E-state index is 14.6. The van der Waals surface area contributed by atoms with Gasteiger partial charge in [0.15, 0.2) is 15.8 Å². The van der Waals surface area contributed by atoms with Crippen LogP contribution in [-0.2, 0) is 26.3 Å². The minimum absolute atomic E-state index is 0. The van der Waals surface area contributed by atoms with Crippen molar-refractivity contribution in [3.8, 4) is 39.9 Å². The van der Waals surface area contributed by atoms with Crippen molar-refractivity contribution in [3.05, 3.63) is 167 Å². The minimum atomic E-state index is -4.25. The maximum absolute atomic E-state index is 14.6. The van der Waals surface area contributed by atoms with Gasteiger partial charge in [-0.25, -0.2) is 41.9 Å². The van der Waals surface area contributed by atoms with E-state index in [1.807, 2.05) is 45.9 Å². The molecule has 0 bridgehead atoms. The second-order valence-electron chi connectivity index (χ2n) is 17.8. The first-order chi connectivity index (χ1) is 35.1. The number of hydrogen-bond donors (Lipinski definition) is 2. The average Bonchev–Trinajstić information content (AvgIpc) is 3.35. The van der Waals surface area contributed by atoms with E-state index in [4.69, 9.17) is 19.9 Å². The van der Waals surface area contributed by atoms with Crippen LogP contribution < -0.4 is 24.7 Å². The molecule has 0 saturated carbocycles. The van der Waals surface area contributed by atoms with E-state index in [1.54, 1.807) is 25.1 Å². The van der Waals surface area contributed by atoms with Crippen LogP contribution in [0.2, 0.25) is 0 Å². The molecule has 0 spiro atoms.